The fraction of sp³-hybridized carbons (Fsp3) is 0.133. The van der Waals surface area contributed by atoms with E-state index in [-0.39, 0.29) is 28.1 Å². The Balaban J connectivity index is 1.37. The molecule has 1 aliphatic heterocycles. The summed E-state index contributed by atoms with van der Waals surface area (Å²) >= 11 is 0. The molecular weight excluding hydrogens is 594 g/mol. The zero-order chi connectivity index (χ0) is 31.1. The minimum Gasteiger partial charge on any atom is -0.492 e. The molecule has 1 amide bonds. The molecule has 0 unspecified atom stereocenters. The lowest BCUT2D eigenvalue weighted by Crippen LogP contribution is -2.21. The fourth-order valence-electron chi connectivity index (χ4n) is 4.65. The summed E-state index contributed by atoms with van der Waals surface area (Å²) in [5.74, 6) is -0.272. The van der Waals surface area contributed by atoms with Crippen molar-refractivity contribution < 1.29 is 35.5 Å². The Labute approximate surface area is 248 Å². The average molecular weight is 622 g/mol. The molecule has 13 heteroatoms. The summed E-state index contributed by atoms with van der Waals surface area (Å²) in [4.78, 5) is 14.5. The van der Waals surface area contributed by atoms with Crippen molar-refractivity contribution in [2.45, 2.75) is 23.6 Å². The summed E-state index contributed by atoms with van der Waals surface area (Å²) < 4.78 is 71.0. The van der Waals surface area contributed by atoms with Gasteiger partial charge in [0.05, 0.1) is 28.5 Å². The normalized spacial score (nSPS) is 14.8. The number of anilines is 3. The maximum absolute atomic E-state index is 13.3. The second-order valence-electron chi connectivity index (χ2n) is 9.72. The number of benzene rings is 4. The topological polar surface area (TPSA) is 154 Å². The number of hydrogen-bond acceptors (Lipinski definition) is 8. The van der Waals surface area contributed by atoms with Crippen LogP contribution in [0, 0.1) is 0 Å². The van der Waals surface area contributed by atoms with Crippen LogP contribution in [0.4, 0.5) is 17.1 Å². The molecule has 222 valence electrons. The number of carbonyl (C=O) groups is 1. The van der Waals surface area contributed by atoms with Crippen LogP contribution in [-0.4, -0.2) is 51.2 Å². The quantitative estimate of drug-likeness (QED) is 0.197. The van der Waals surface area contributed by atoms with E-state index in [9.17, 15) is 30.7 Å². The molecule has 0 aromatic heterocycles. The standard InChI is InChI=1S/C30H27N3O8S2/c1-4-41-28-14-12-24(18-29(28)43(38,39)40)32(3)23-9-5-20(6-10-23)15-27-19(2)31-33(30(27)34)25-11-7-22-17-26(42(35,36)37)13-8-21(22)16-25/h5-18H,4H2,1-3H3,(H,35,36,37)(H,38,39,40). The Morgan fingerprint density at radius 3 is 2.16 bits per heavy atom. The van der Waals surface area contributed by atoms with Gasteiger partial charge in [-0.2, -0.15) is 26.9 Å². The molecule has 0 fully saturated rings. The van der Waals surface area contributed by atoms with Gasteiger partial charge in [0, 0.05) is 18.4 Å². The van der Waals surface area contributed by atoms with Crippen molar-refractivity contribution in [1.29, 1.82) is 0 Å². The Hall–Kier alpha value is -4.56. The SMILES string of the molecule is CCOc1ccc(N(C)c2ccc(C=C3C(=O)N(c4ccc5cc(S(=O)(=O)O)ccc5c4)N=C3C)cc2)cc1S(=O)(=O)O. The molecule has 4 aromatic rings. The van der Waals surface area contributed by atoms with Crippen LogP contribution < -0.4 is 14.6 Å². The van der Waals surface area contributed by atoms with Crippen LogP contribution in [0.2, 0.25) is 0 Å². The van der Waals surface area contributed by atoms with E-state index in [0.29, 0.717) is 33.4 Å². The number of hydrogen-bond donors (Lipinski definition) is 2. The summed E-state index contributed by atoms with van der Waals surface area (Å²) in [7, 11) is -7.09. The molecule has 0 saturated heterocycles. The third-order valence-electron chi connectivity index (χ3n) is 6.88. The molecule has 1 aliphatic rings. The zero-order valence-corrected chi connectivity index (χ0v) is 24.9. The van der Waals surface area contributed by atoms with Gasteiger partial charge in [-0.3, -0.25) is 13.9 Å². The monoisotopic (exact) mass is 621 g/mol. The lowest BCUT2D eigenvalue weighted by molar-refractivity contribution is -0.114. The van der Waals surface area contributed by atoms with Crippen molar-refractivity contribution in [1.82, 2.24) is 0 Å². The summed E-state index contributed by atoms with van der Waals surface area (Å²) in [6.07, 6.45) is 1.72. The lowest BCUT2D eigenvalue weighted by Gasteiger charge is -2.21. The fourth-order valence-corrected chi connectivity index (χ4v) is 5.82. The predicted molar refractivity (Wildman–Crippen MR) is 164 cm³/mol. The number of ether oxygens (including phenoxy) is 1. The Bertz CT molecular complexity index is 2040. The third-order valence-corrected chi connectivity index (χ3v) is 8.61. The first-order valence-electron chi connectivity index (χ1n) is 13.0. The molecular formula is C30H27N3O8S2. The van der Waals surface area contributed by atoms with Crippen LogP contribution >= 0.6 is 0 Å². The first-order valence-corrected chi connectivity index (χ1v) is 15.9. The van der Waals surface area contributed by atoms with Crippen LogP contribution in [0.25, 0.3) is 16.8 Å². The van der Waals surface area contributed by atoms with Gasteiger partial charge in [-0.15, -0.1) is 0 Å². The van der Waals surface area contributed by atoms with Crippen molar-refractivity contribution in [3.05, 3.63) is 90.0 Å². The molecule has 43 heavy (non-hydrogen) atoms. The molecule has 5 rings (SSSR count). The number of amides is 1. The van der Waals surface area contributed by atoms with Gasteiger partial charge in [-0.1, -0.05) is 24.3 Å². The molecule has 0 bridgehead atoms. The van der Waals surface area contributed by atoms with Gasteiger partial charge in [-0.25, -0.2) is 0 Å². The van der Waals surface area contributed by atoms with Crippen LogP contribution in [0.1, 0.15) is 19.4 Å². The van der Waals surface area contributed by atoms with E-state index in [0.717, 1.165) is 11.3 Å². The summed E-state index contributed by atoms with van der Waals surface area (Å²) in [6, 6.07) is 20.9. The number of carbonyl (C=O) groups excluding carboxylic acids is 1. The van der Waals surface area contributed by atoms with E-state index < -0.39 is 20.2 Å². The Morgan fingerprint density at radius 2 is 1.51 bits per heavy atom. The van der Waals surface area contributed by atoms with Gasteiger partial charge < -0.3 is 9.64 Å². The van der Waals surface area contributed by atoms with Gasteiger partial charge in [0.25, 0.3) is 26.1 Å². The van der Waals surface area contributed by atoms with Crippen LogP contribution in [0.3, 0.4) is 0 Å². The molecule has 11 nitrogen and oxygen atoms in total. The first kappa shape index (κ1) is 29.9. The van der Waals surface area contributed by atoms with Gasteiger partial charge in [0.1, 0.15) is 10.6 Å². The zero-order valence-electron chi connectivity index (χ0n) is 23.3. The molecule has 0 spiro atoms. The molecule has 4 aromatic carbocycles. The van der Waals surface area contributed by atoms with Crippen molar-refractivity contribution in [3.63, 3.8) is 0 Å². The van der Waals surface area contributed by atoms with Crippen molar-refractivity contribution in [2.24, 2.45) is 5.10 Å². The highest BCUT2D eigenvalue weighted by atomic mass is 32.2. The van der Waals surface area contributed by atoms with Gasteiger partial charge >= 0.3 is 0 Å². The Morgan fingerprint density at radius 1 is 0.860 bits per heavy atom. The van der Waals surface area contributed by atoms with Crippen molar-refractivity contribution in [3.8, 4) is 5.75 Å². The summed E-state index contributed by atoms with van der Waals surface area (Å²) in [5.41, 5.74) is 3.38. The smallest absolute Gasteiger partial charge is 0.298 e. The molecule has 0 radical (unpaired) electrons. The lowest BCUT2D eigenvalue weighted by atomic mass is 10.1. The maximum atomic E-state index is 13.3. The second-order valence-corrected chi connectivity index (χ2v) is 12.5. The number of hydrazone groups is 1. The van der Waals surface area contributed by atoms with Crippen LogP contribution in [-0.2, 0) is 25.0 Å². The molecule has 0 aliphatic carbocycles. The van der Waals surface area contributed by atoms with E-state index in [4.69, 9.17) is 4.74 Å². The summed E-state index contributed by atoms with van der Waals surface area (Å²) in [6.45, 7) is 3.68. The van der Waals surface area contributed by atoms with Crippen LogP contribution in [0.5, 0.6) is 5.75 Å². The molecule has 0 saturated carbocycles. The highest BCUT2D eigenvalue weighted by Crippen LogP contribution is 2.33. The third kappa shape index (κ3) is 6.15. The second kappa shape index (κ2) is 11.3. The predicted octanol–water partition coefficient (Wildman–Crippen LogP) is 5.31. The maximum Gasteiger partial charge on any atom is 0.298 e. The number of fused-ring (bicyclic) bond motifs is 1. The highest BCUT2D eigenvalue weighted by Gasteiger charge is 2.29. The van der Waals surface area contributed by atoms with Crippen LogP contribution in [0.15, 0.2) is 99.3 Å². The number of rotatable bonds is 8. The van der Waals surface area contributed by atoms with Gasteiger partial charge in [0.2, 0.25) is 0 Å². The minimum atomic E-state index is -4.50. The van der Waals surface area contributed by atoms with Crippen molar-refractivity contribution in [2.75, 3.05) is 23.6 Å². The van der Waals surface area contributed by atoms with Gasteiger partial charge in [0.15, 0.2) is 0 Å². The Kier molecular flexibility index (Phi) is 7.84. The van der Waals surface area contributed by atoms with E-state index in [1.54, 1.807) is 62.2 Å². The first-order chi connectivity index (χ1) is 20.3. The minimum absolute atomic E-state index is 0.0615. The van der Waals surface area contributed by atoms with Gasteiger partial charge in [-0.05, 0) is 90.9 Å². The summed E-state index contributed by atoms with van der Waals surface area (Å²) in [5, 5.41) is 6.94. The largest absolute Gasteiger partial charge is 0.492 e. The molecule has 1 heterocycles. The van der Waals surface area contributed by atoms with E-state index in [1.165, 1.54) is 29.3 Å². The van der Waals surface area contributed by atoms with E-state index in [2.05, 4.69) is 5.10 Å². The van der Waals surface area contributed by atoms with Crippen molar-refractivity contribution >= 4 is 65.8 Å². The highest BCUT2D eigenvalue weighted by molar-refractivity contribution is 7.86. The number of nitrogens with zero attached hydrogens (tertiary/aromatic N) is 3. The molecule has 0 atom stereocenters. The van der Waals surface area contributed by atoms with E-state index >= 15 is 0 Å². The molecule has 2 N–H and O–H groups in total. The van der Waals surface area contributed by atoms with E-state index in [1.807, 2.05) is 24.3 Å². The average Bonchev–Trinajstić information content (AvgIpc) is 3.24.